The Balaban J connectivity index is 1.99. The highest BCUT2D eigenvalue weighted by atomic mass is 19.4. The minimum absolute atomic E-state index is 0.169. The summed E-state index contributed by atoms with van der Waals surface area (Å²) < 4.78 is 71.3. The summed E-state index contributed by atoms with van der Waals surface area (Å²) in [6.45, 7) is 4.27. The summed E-state index contributed by atoms with van der Waals surface area (Å²) in [6.07, 6.45) is -5.12. The van der Waals surface area contributed by atoms with Gasteiger partial charge in [0, 0.05) is 28.2 Å². The molecular formula is C23H21F5N2O2. The number of hydrogen-bond acceptors (Lipinski definition) is 4. The highest BCUT2D eigenvalue weighted by molar-refractivity contribution is 5.91. The smallest absolute Gasteiger partial charge is 0.419 e. The fraction of sp³-hybridized carbons (Fsp3) is 0.348. The lowest BCUT2D eigenvalue weighted by Crippen LogP contribution is -2.60. The largest absolute Gasteiger partial charge is 0.505 e. The van der Waals surface area contributed by atoms with Gasteiger partial charge in [-0.3, -0.25) is 4.98 Å². The molecule has 0 amide bonds. The van der Waals surface area contributed by atoms with E-state index in [4.69, 9.17) is 0 Å². The van der Waals surface area contributed by atoms with E-state index in [1.807, 2.05) is 0 Å². The second-order valence-corrected chi connectivity index (χ2v) is 8.33. The topological polar surface area (TPSA) is 65.4 Å². The molecule has 2 aromatic carbocycles. The summed E-state index contributed by atoms with van der Waals surface area (Å²) in [5.41, 5.74) is -2.43. The second kappa shape index (κ2) is 7.30. The first-order chi connectivity index (χ1) is 14.9. The SMILES string of the molecule is Cc1ccc2c(NC3c4cc(F)c(F)c(O)c4C(C)C(C)C3(O)C(F)(F)F)cccc2n1. The predicted molar refractivity (Wildman–Crippen MR) is 109 cm³/mol. The average molecular weight is 452 g/mol. The van der Waals surface area contributed by atoms with E-state index in [0.29, 0.717) is 22.7 Å². The van der Waals surface area contributed by atoms with Crippen molar-refractivity contribution < 1.29 is 32.2 Å². The van der Waals surface area contributed by atoms with Crippen molar-refractivity contribution in [1.29, 1.82) is 0 Å². The molecule has 4 nitrogen and oxygen atoms in total. The van der Waals surface area contributed by atoms with Crippen LogP contribution in [-0.2, 0) is 0 Å². The molecule has 1 aliphatic carbocycles. The fourth-order valence-corrected chi connectivity index (χ4v) is 4.64. The van der Waals surface area contributed by atoms with Gasteiger partial charge in [-0.05, 0) is 48.7 Å². The van der Waals surface area contributed by atoms with Gasteiger partial charge in [-0.2, -0.15) is 17.6 Å². The lowest BCUT2D eigenvalue weighted by atomic mass is 9.64. The lowest BCUT2D eigenvalue weighted by molar-refractivity contribution is -0.289. The Morgan fingerprint density at radius 3 is 2.44 bits per heavy atom. The number of nitrogens with zero attached hydrogens (tertiary/aromatic N) is 1. The number of anilines is 1. The summed E-state index contributed by atoms with van der Waals surface area (Å²) >= 11 is 0. The zero-order valence-electron chi connectivity index (χ0n) is 17.4. The van der Waals surface area contributed by atoms with Crippen LogP contribution in [0.3, 0.4) is 0 Å². The molecule has 170 valence electrons. The third kappa shape index (κ3) is 3.09. The average Bonchev–Trinajstić information content (AvgIpc) is 2.72. The Morgan fingerprint density at radius 1 is 1.09 bits per heavy atom. The van der Waals surface area contributed by atoms with Gasteiger partial charge in [0.2, 0.25) is 5.82 Å². The van der Waals surface area contributed by atoms with Crippen LogP contribution in [0.25, 0.3) is 10.9 Å². The first-order valence-electron chi connectivity index (χ1n) is 10.0. The number of halogens is 5. The minimum atomic E-state index is -5.12. The van der Waals surface area contributed by atoms with Crippen LogP contribution in [-0.4, -0.2) is 27.0 Å². The molecule has 4 unspecified atom stereocenters. The minimum Gasteiger partial charge on any atom is -0.505 e. The number of hydrogen-bond donors (Lipinski definition) is 3. The molecule has 3 N–H and O–H groups in total. The third-order valence-corrected chi connectivity index (χ3v) is 6.54. The monoisotopic (exact) mass is 452 g/mol. The molecule has 0 radical (unpaired) electrons. The highest BCUT2D eigenvalue weighted by Crippen LogP contribution is 2.57. The molecule has 0 fully saturated rings. The van der Waals surface area contributed by atoms with Gasteiger partial charge in [0.1, 0.15) is 0 Å². The van der Waals surface area contributed by atoms with Crippen molar-refractivity contribution in [3.8, 4) is 5.75 Å². The van der Waals surface area contributed by atoms with Crippen molar-refractivity contribution >= 4 is 16.6 Å². The molecule has 1 heterocycles. The van der Waals surface area contributed by atoms with Crippen LogP contribution in [0, 0.1) is 24.5 Å². The molecular weight excluding hydrogens is 431 g/mol. The number of phenols is 1. The van der Waals surface area contributed by atoms with Crippen LogP contribution in [0.15, 0.2) is 36.4 Å². The maximum atomic E-state index is 14.3. The Labute approximate surface area is 180 Å². The van der Waals surface area contributed by atoms with Gasteiger partial charge >= 0.3 is 6.18 Å². The number of aliphatic hydroxyl groups is 1. The molecule has 32 heavy (non-hydrogen) atoms. The van der Waals surface area contributed by atoms with Crippen molar-refractivity contribution in [2.24, 2.45) is 5.92 Å². The zero-order chi connectivity index (χ0) is 23.6. The molecule has 0 bridgehead atoms. The molecule has 3 aromatic rings. The van der Waals surface area contributed by atoms with Crippen LogP contribution in [0.2, 0.25) is 0 Å². The molecule has 0 saturated carbocycles. The summed E-state index contributed by atoms with van der Waals surface area (Å²) in [5, 5.41) is 24.5. The van der Waals surface area contributed by atoms with Gasteiger partial charge in [0.25, 0.3) is 0 Å². The summed E-state index contributed by atoms with van der Waals surface area (Å²) in [7, 11) is 0. The van der Waals surface area contributed by atoms with Gasteiger partial charge in [-0.15, -0.1) is 0 Å². The van der Waals surface area contributed by atoms with Crippen molar-refractivity contribution in [2.75, 3.05) is 5.32 Å². The van der Waals surface area contributed by atoms with Crippen molar-refractivity contribution in [2.45, 2.75) is 44.5 Å². The maximum absolute atomic E-state index is 14.3. The number of aromatic nitrogens is 1. The third-order valence-electron chi connectivity index (χ3n) is 6.54. The molecule has 0 aliphatic heterocycles. The van der Waals surface area contributed by atoms with Gasteiger partial charge in [0.05, 0.1) is 11.6 Å². The number of pyridine rings is 1. The van der Waals surface area contributed by atoms with Crippen molar-refractivity contribution in [1.82, 2.24) is 4.98 Å². The molecule has 1 aliphatic rings. The Morgan fingerprint density at radius 2 is 1.78 bits per heavy atom. The molecule has 0 spiro atoms. The van der Waals surface area contributed by atoms with Crippen LogP contribution in [0.4, 0.5) is 27.6 Å². The van der Waals surface area contributed by atoms with E-state index in [-0.39, 0.29) is 16.8 Å². The van der Waals surface area contributed by atoms with E-state index in [0.717, 1.165) is 0 Å². The molecule has 4 atom stereocenters. The second-order valence-electron chi connectivity index (χ2n) is 8.33. The van der Waals surface area contributed by atoms with Crippen molar-refractivity contribution in [3.05, 3.63) is 64.9 Å². The van der Waals surface area contributed by atoms with Crippen LogP contribution in [0.5, 0.6) is 5.75 Å². The van der Waals surface area contributed by atoms with E-state index >= 15 is 0 Å². The fourth-order valence-electron chi connectivity index (χ4n) is 4.64. The zero-order valence-corrected chi connectivity index (χ0v) is 17.4. The van der Waals surface area contributed by atoms with E-state index in [1.54, 1.807) is 31.2 Å². The number of alkyl halides is 3. The number of benzene rings is 2. The molecule has 1 aromatic heterocycles. The predicted octanol–water partition coefficient (Wildman–Crippen LogP) is 5.73. The number of phenolic OH excluding ortho intramolecular Hbond substituents is 1. The summed E-state index contributed by atoms with van der Waals surface area (Å²) in [6, 6.07) is 6.82. The summed E-state index contributed by atoms with van der Waals surface area (Å²) in [5.74, 6) is -6.69. The highest BCUT2D eigenvalue weighted by Gasteiger charge is 2.66. The van der Waals surface area contributed by atoms with Gasteiger partial charge in [-0.1, -0.05) is 19.9 Å². The van der Waals surface area contributed by atoms with Crippen LogP contribution >= 0.6 is 0 Å². The van der Waals surface area contributed by atoms with E-state index < -0.39 is 47.0 Å². The number of aryl methyl sites for hydroxylation is 1. The first-order valence-corrected chi connectivity index (χ1v) is 10.0. The van der Waals surface area contributed by atoms with Gasteiger partial charge < -0.3 is 15.5 Å². The number of aromatic hydroxyl groups is 1. The maximum Gasteiger partial charge on any atom is 0.419 e. The first kappa shape index (κ1) is 22.3. The quantitative estimate of drug-likeness (QED) is 0.435. The number of fused-ring (bicyclic) bond motifs is 2. The van der Waals surface area contributed by atoms with E-state index in [9.17, 15) is 32.2 Å². The van der Waals surface area contributed by atoms with Gasteiger partial charge in [-0.25, -0.2) is 4.39 Å². The Kier molecular flexibility index (Phi) is 5.08. The molecule has 0 saturated heterocycles. The number of rotatable bonds is 2. The van der Waals surface area contributed by atoms with E-state index in [2.05, 4.69) is 10.3 Å². The van der Waals surface area contributed by atoms with E-state index in [1.165, 1.54) is 19.9 Å². The van der Waals surface area contributed by atoms with Gasteiger partial charge in [0.15, 0.2) is 17.2 Å². The molecule has 9 heteroatoms. The Bertz CT molecular complexity index is 1210. The summed E-state index contributed by atoms with van der Waals surface area (Å²) in [4.78, 5) is 4.35. The van der Waals surface area contributed by atoms with Crippen LogP contribution in [0.1, 0.15) is 42.6 Å². The standard InChI is InChI=1S/C23H21F5N2O2/c1-10-7-8-13-16(29-10)5-4-6-17(13)30-21-14-9-15(24)19(25)20(31)18(14)11(2)12(3)22(21,32)23(26,27)28/h4-9,11-12,21,30-32H,1-3H3. The van der Waals surface area contributed by atoms with Crippen molar-refractivity contribution in [3.63, 3.8) is 0 Å². The molecule has 4 rings (SSSR count). The Hall–Kier alpha value is -2.94. The number of nitrogens with one attached hydrogen (secondary N) is 1. The van der Waals surface area contributed by atoms with Crippen LogP contribution < -0.4 is 5.32 Å². The normalized spacial score (nSPS) is 25.6. The lowest BCUT2D eigenvalue weighted by Gasteiger charge is -2.49.